The van der Waals surface area contributed by atoms with Crippen molar-refractivity contribution in [3.8, 4) is 17.5 Å². The molecule has 0 atom stereocenters. The average molecular weight is 221 g/mol. The number of nitrogens with zero attached hydrogens (tertiary/aromatic N) is 2. The highest BCUT2D eigenvalue weighted by Crippen LogP contribution is 2.25. The average Bonchev–Trinajstić information content (AvgIpc) is 2.59. The molecule has 1 aromatic heterocycles. The lowest BCUT2D eigenvalue weighted by Gasteiger charge is -1.97. The van der Waals surface area contributed by atoms with Crippen LogP contribution in [0.4, 0.5) is 14.7 Å². The Kier molecular flexibility index (Phi) is 2.29. The van der Waals surface area contributed by atoms with Crippen molar-refractivity contribution in [3.63, 3.8) is 0 Å². The lowest BCUT2D eigenvalue weighted by Crippen LogP contribution is -1.86. The Bertz CT molecular complexity index is 586. The molecule has 80 valence electrons. The molecule has 0 aliphatic heterocycles. The quantitative estimate of drug-likeness (QED) is 0.799. The fourth-order valence-corrected chi connectivity index (χ4v) is 1.19. The molecule has 0 aliphatic carbocycles. The van der Waals surface area contributed by atoms with Crippen molar-refractivity contribution in [2.45, 2.75) is 0 Å². The van der Waals surface area contributed by atoms with E-state index in [1.54, 1.807) is 6.07 Å². The van der Waals surface area contributed by atoms with Crippen LogP contribution in [0.25, 0.3) is 11.5 Å². The highest BCUT2D eigenvalue weighted by atomic mass is 19.1. The van der Waals surface area contributed by atoms with Gasteiger partial charge < -0.3 is 10.2 Å². The number of hydrogen-bond acceptors (Lipinski definition) is 4. The van der Waals surface area contributed by atoms with Crippen LogP contribution in [0.15, 0.2) is 22.6 Å². The Morgan fingerprint density at radius 3 is 2.69 bits per heavy atom. The lowest BCUT2D eigenvalue weighted by atomic mass is 10.2. The Balaban J connectivity index is 2.55. The SMILES string of the molecule is N#Cc1nc(-c2ccc(F)cc2F)oc1N. The number of halogens is 2. The number of rotatable bonds is 1. The van der Waals surface area contributed by atoms with E-state index < -0.39 is 11.6 Å². The second kappa shape index (κ2) is 3.62. The van der Waals surface area contributed by atoms with Gasteiger partial charge in [0.1, 0.15) is 17.7 Å². The van der Waals surface area contributed by atoms with Crippen molar-refractivity contribution in [2.24, 2.45) is 0 Å². The third kappa shape index (κ3) is 1.59. The number of nitrogen functional groups attached to an aromatic ring is 1. The van der Waals surface area contributed by atoms with Gasteiger partial charge in [-0.15, -0.1) is 0 Å². The van der Waals surface area contributed by atoms with E-state index in [4.69, 9.17) is 15.4 Å². The van der Waals surface area contributed by atoms with Gasteiger partial charge in [-0.25, -0.2) is 8.78 Å². The van der Waals surface area contributed by atoms with Crippen LogP contribution in [0.1, 0.15) is 5.69 Å². The van der Waals surface area contributed by atoms with Crippen molar-refractivity contribution in [3.05, 3.63) is 35.5 Å². The molecule has 2 aromatic rings. The first-order valence-corrected chi connectivity index (χ1v) is 4.23. The van der Waals surface area contributed by atoms with E-state index in [0.29, 0.717) is 6.07 Å². The Labute approximate surface area is 88.9 Å². The van der Waals surface area contributed by atoms with Crippen molar-refractivity contribution in [1.82, 2.24) is 4.98 Å². The smallest absolute Gasteiger partial charge is 0.233 e. The summed E-state index contributed by atoms with van der Waals surface area (Å²) in [5, 5.41) is 8.59. The standard InChI is InChI=1S/C10H5F2N3O/c11-5-1-2-6(7(12)3-5)10-15-8(4-13)9(14)16-10/h1-3H,14H2. The van der Waals surface area contributed by atoms with Gasteiger partial charge in [-0.1, -0.05) is 0 Å². The van der Waals surface area contributed by atoms with Crippen molar-refractivity contribution in [2.75, 3.05) is 5.73 Å². The molecule has 0 radical (unpaired) electrons. The summed E-state index contributed by atoms with van der Waals surface area (Å²) in [6.45, 7) is 0. The zero-order chi connectivity index (χ0) is 11.7. The van der Waals surface area contributed by atoms with Crippen LogP contribution in [0.5, 0.6) is 0 Å². The summed E-state index contributed by atoms with van der Waals surface area (Å²) in [4.78, 5) is 3.67. The van der Waals surface area contributed by atoms with E-state index in [2.05, 4.69) is 4.98 Å². The third-order valence-corrected chi connectivity index (χ3v) is 1.92. The maximum atomic E-state index is 13.3. The number of nitriles is 1. The monoisotopic (exact) mass is 221 g/mol. The fraction of sp³-hybridized carbons (Fsp3) is 0. The Morgan fingerprint density at radius 2 is 2.12 bits per heavy atom. The van der Waals surface area contributed by atoms with Crippen LogP contribution in [0.2, 0.25) is 0 Å². The molecule has 0 saturated heterocycles. The number of aromatic nitrogens is 1. The van der Waals surface area contributed by atoms with Crippen LogP contribution < -0.4 is 5.73 Å². The minimum atomic E-state index is -0.828. The first-order chi connectivity index (χ1) is 7.61. The van der Waals surface area contributed by atoms with Crippen LogP contribution in [0.3, 0.4) is 0 Å². The van der Waals surface area contributed by atoms with E-state index in [1.807, 2.05) is 0 Å². The first-order valence-electron chi connectivity index (χ1n) is 4.23. The largest absolute Gasteiger partial charge is 0.419 e. The van der Waals surface area contributed by atoms with Crippen LogP contribution >= 0.6 is 0 Å². The summed E-state index contributed by atoms with van der Waals surface area (Å²) in [5.41, 5.74) is 5.15. The van der Waals surface area contributed by atoms with Gasteiger partial charge in [0.15, 0.2) is 0 Å². The number of oxazole rings is 1. The molecule has 2 rings (SSSR count). The van der Waals surface area contributed by atoms with Crippen LogP contribution in [-0.4, -0.2) is 4.98 Å². The Morgan fingerprint density at radius 1 is 1.38 bits per heavy atom. The zero-order valence-corrected chi connectivity index (χ0v) is 7.87. The Hall–Kier alpha value is -2.42. The summed E-state index contributed by atoms with van der Waals surface area (Å²) in [7, 11) is 0. The van der Waals surface area contributed by atoms with Crippen LogP contribution in [-0.2, 0) is 0 Å². The normalized spacial score (nSPS) is 10.1. The molecule has 0 saturated carbocycles. The van der Waals surface area contributed by atoms with Gasteiger partial charge in [0, 0.05) is 6.07 Å². The second-order valence-corrected chi connectivity index (χ2v) is 2.97. The summed E-state index contributed by atoms with van der Waals surface area (Å²) in [6.07, 6.45) is 0. The van der Waals surface area contributed by atoms with E-state index in [9.17, 15) is 8.78 Å². The molecule has 2 N–H and O–H groups in total. The molecular weight excluding hydrogens is 216 g/mol. The molecule has 0 spiro atoms. The molecule has 0 aliphatic rings. The molecule has 1 heterocycles. The van der Waals surface area contributed by atoms with Crippen molar-refractivity contribution >= 4 is 5.88 Å². The minimum Gasteiger partial charge on any atom is -0.419 e. The lowest BCUT2D eigenvalue weighted by molar-refractivity contribution is 0.564. The van der Waals surface area contributed by atoms with E-state index in [1.165, 1.54) is 0 Å². The van der Waals surface area contributed by atoms with E-state index >= 15 is 0 Å². The highest BCUT2D eigenvalue weighted by Gasteiger charge is 2.15. The molecule has 6 heteroatoms. The topological polar surface area (TPSA) is 75.8 Å². The molecule has 0 amide bonds. The summed E-state index contributed by atoms with van der Waals surface area (Å²) < 4.78 is 30.9. The first kappa shape index (κ1) is 10.1. The van der Waals surface area contributed by atoms with E-state index in [0.717, 1.165) is 12.1 Å². The van der Waals surface area contributed by atoms with Gasteiger partial charge in [0.2, 0.25) is 17.5 Å². The predicted octanol–water partition coefficient (Wildman–Crippen LogP) is 2.07. The molecule has 0 bridgehead atoms. The molecule has 4 nitrogen and oxygen atoms in total. The summed E-state index contributed by atoms with van der Waals surface area (Å²) >= 11 is 0. The van der Waals surface area contributed by atoms with Gasteiger partial charge >= 0.3 is 0 Å². The molecule has 1 aromatic carbocycles. The van der Waals surface area contributed by atoms with Gasteiger partial charge in [-0.05, 0) is 12.1 Å². The molecular formula is C10H5F2N3O. The second-order valence-electron chi connectivity index (χ2n) is 2.97. The highest BCUT2D eigenvalue weighted by molar-refractivity contribution is 5.58. The number of hydrogen-bond donors (Lipinski definition) is 1. The molecule has 16 heavy (non-hydrogen) atoms. The third-order valence-electron chi connectivity index (χ3n) is 1.92. The minimum absolute atomic E-state index is 0.0467. The summed E-state index contributed by atoms with van der Waals surface area (Å²) in [5.74, 6) is -1.88. The maximum Gasteiger partial charge on any atom is 0.233 e. The molecule has 0 unspecified atom stereocenters. The van der Waals surface area contributed by atoms with E-state index in [-0.39, 0.29) is 23.0 Å². The van der Waals surface area contributed by atoms with Gasteiger partial charge in [0.25, 0.3) is 0 Å². The zero-order valence-electron chi connectivity index (χ0n) is 7.87. The van der Waals surface area contributed by atoms with Gasteiger partial charge in [-0.2, -0.15) is 10.2 Å². The number of anilines is 1. The number of benzene rings is 1. The predicted molar refractivity (Wildman–Crippen MR) is 51.0 cm³/mol. The van der Waals surface area contributed by atoms with Crippen molar-refractivity contribution in [1.29, 1.82) is 5.26 Å². The van der Waals surface area contributed by atoms with Crippen LogP contribution in [0, 0.1) is 23.0 Å². The van der Waals surface area contributed by atoms with Gasteiger partial charge in [0.05, 0.1) is 5.56 Å². The number of nitrogens with two attached hydrogens (primary N) is 1. The fourth-order valence-electron chi connectivity index (χ4n) is 1.19. The molecule has 0 fully saturated rings. The summed E-state index contributed by atoms with van der Waals surface area (Å²) in [6, 6.07) is 4.61. The maximum absolute atomic E-state index is 13.3. The van der Waals surface area contributed by atoms with Gasteiger partial charge in [-0.3, -0.25) is 0 Å². The van der Waals surface area contributed by atoms with Crippen molar-refractivity contribution < 1.29 is 13.2 Å².